The normalized spacial score (nSPS) is 16.5. The van der Waals surface area contributed by atoms with Gasteiger partial charge in [0.15, 0.2) is 5.13 Å². The van der Waals surface area contributed by atoms with Gasteiger partial charge in [-0.15, -0.1) is 0 Å². The molecule has 0 bridgehead atoms. The number of aromatic nitrogens is 1. The number of thiazole rings is 1. The fourth-order valence-corrected chi connectivity index (χ4v) is 3.95. The van der Waals surface area contributed by atoms with Crippen molar-refractivity contribution in [1.29, 1.82) is 0 Å². The predicted molar refractivity (Wildman–Crippen MR) is 86.0 cm³/mol. The van der Waals surface area contributed by atoms with Crippen LogP contribution in [-0.4, -0.2) is 17.6 Å². The van der Waals surface area contributed by atoms with Gasteiger partial charge in [0.05, 0.1) is 16.8 Å². The molecule has 0 radical (unpaired) electrons. The fraction of sp³-hybridized carbons (Fsp3) is 0.562. The van der Waals surface area contributed by atoms with E-state index in [1.54, 1.807) is 11.3 Å². The van der Waals surface area contributed by atoms with Crippen LogP contribution in [0, 0.1) is 6.92 Å². The summed E-state index contributed by atoms with van der Waals surface area (Å²) in [4.78, 5) is 4.76. The number of ether oxygens (including phenoxy) is 1. The largest absolute Gasteiger partial charge is 0.494 e. The molecule has 1 saturated carbocycles. The number of rotatable bonds is 4. The smallest absolute Gasteiger partial charge is 0.184 e. The number of nitrogens with zero attached hydrogens (tertiary/aromatic N) is 1. The van der Waals surface area contributed by atoms with Gasteiger partial charge in [-0.2, -0.15) is 0 Å². The predicted octanol–water partition coefficient (Wildman–Crippen LogP) is 4.75. The lowest BCUT2D eigenvalue weighted by molar-refractivity contribution is 0.340. The molecule has 2 aromatic rings. The summed E-state index contributed by atoms with van der Waals surface area (Å²) in [5, 5.41) is 4.67. The first-order valence-corrected chi connectivity index (χ1v) is 8.38. The van der Waals surface area contributed by atoms with E-state index in [0.29, 0.717) is 12.6 Å². The maximum Gasteiger partial charge on any atom is 0.184 e. The summed E-state index contributed by atoms with van der Waals surface area (Å²) in [5.41, 5.74) is 2.30. The van der Waals surface area contributed by atoms with Crippen LogP contribution in [0.3, 0.4) is 0 Å². The van der Waals surface area contributed by atoms with Crippen LogP contribution in [0.25, 0.3) is 10.2 Å². The molecule has 0 spiro atoms. The highest BCUT2D eigenvalue weighted by molar-refractivity contribution is 7.22. The van der Waals surface area contributed by atoms with Crippen molar-refractivity contribution in [3.05, 3.63) is 17.7 Å². The highest BCUT2D eigenvalue weighted by atomic mass is 32.1. The minimum Gasteiger partial charge on any atom is -0.494 e. The molecule has 1 N–H and O–H groups in total. The first-order chi connectivity index (χ1) is 9.76. The van der Waals surface area contributed by atoms with Crippen LogP contribution in [0.2, 0.25) is 0 Å². The number of anilines is 1. The number of aryl methyl sites for hydroxylation is 1. The Morgan fingerprint density at radius 2 is 2.10 bits per heavy atom. The van der Waals surface area contributed by atoms with Crippen molar-refractivity contribution in [1.82, 2.24) is 4.98 Å². The van der Waals surface area contributed by atoms with Crippen LogP contribution >= 0.6 is 11.3 Å². The summed E-state index contributed by atoms with van der Waals surface area (Å²) in [6, 6.07) is 4.79. The van der Waals surface area contributed by atoms with Crippen LogP contribution in [0.5, 0.6) is 5.75 Å². The summed E-state index contributed by atoms with van der Waals surface area (Å²) < 4.78 is 6.83. The Labute approximate surface area is 124 Å². The highest BCUT2D eigenvalue weighted by Crippen LogP contribution is 2.33. The van der Waals surface area contributed by atoms with Gasteiger partial charge in [0.25, 0.3) is 0 Å². The van der Waals surface area contributed by atoms with Gasteiger partial charge in [-0.05, 0) is 44.4 Å². The Balaban J connectivity index is 1.83. The monoisotopic (exact) mass is 290 g/mol. The van der Waals surface area contributed by atoms with Gasteiger partial charge in [-0.1, -0.05) is 30.6 Å². The molecule has 0 saturated heterocycles. The fourth-order valence-electron chi connectivity index (χ4n) is 2.90. The van der Waals surface area contributed by atoms with Crippen molar-refractivity contribution >= 4 is 26.7 Å². The Hall–Kier alpha value is -1.29. The standard InChI is InChI=1S/C16H22N2OS/c1-3-19-13-9-11(2)15-14(10-13)20-16(18-15)17-12-7-5-4-6-8-12/h9-10,12H,3-8H2,1-2H3,(H,17,18). The van der Waals surface area contributed by atoms with Crippen molar-refractivity contribution in [2.45, 2.75) is 52.0 Å². The van der Waals surface area contributed by atoms with Gasteiger partial charge in [-0.25, -0.2) is 4.98 Å². The second kappa shape index (κ2) is 6.00. The number of nitrogens with one attached hydrogen (secondary N) is 1. The Morgan fingerprint density at radius 3 is 2.85 bits per heavy atom. The van der Waals surface area contributed by atoms with Gasteiger partial charge in [0.1, 0.15) is 5.75 Å². The third kappa shape index (κ3) is 2.90. The van der Waals surface area contributed by atoms with Crippen molar-refractivity contribution < 1.29 is 4.74 Å². The molecule has 3 nitrogen and oxygen atoms in total. The average molecular weight is 290 g/mol. The Kier molecular flexibility index (Phi) is 4.10. The first-order valence-electron chi connectivity index (χ1n) is 7.57. The quantitative estimate of drug-likeness (QED) is 0.882. The SMILES string of the molecule is CCOc1cc(C)c2nc(NC3CCCCC3)sc2c1. The maximum absolute atomic E-state index is 5.61. The van der Waals surface area contributed by atoms with E-state index in [-0.39, 0.29) is 0 Å². The molecule has 1 aliphatic rings. The summed E-state index contributed by atoms with van der Waals surface area (Å²) in [7, 11) is 0. The zero-order chi connectivity index (χ0) is 13.9. The van der Waals surface area contributed by atoms with Crippen LogP contribution < -0.4 is 10.1 Å². The lowest BCUT2D eigenvalue weighted by atomic mass is 9.96. The van der Waals surface area contributed by atoms with Gasteiger partial charge >= 0.3 is 0 Å². The summed E-state index contributed by atoms with van der Waals surface area (Å²) >= 11 is 1.74. The Morgan fingerprint density at radius 1 is 1.30 bits per heavy atom. The molecule has 0 atom stereocenters. The second-order valence-corrected chi connectivity index (χ2v) is 6.55. The molecule has 0 unspecified atom stereocenters. The number of hydrogen-bond donors (Lipinski definition) is 1. The Bertz CT molecular complexity index is 587. The first kappa shape index (κ1) is 13.7. The zero-order valence-electron chi connectivity index (χ0n) is 12.2. The third-order valence-corrected chi connectivity index (χ3v) is 4.84. The molecule has 0 amide bonds. The van der Waals surface area contributed by atoms with E-state index in [9.17, 15) is 0 Å². The highest BCUT2D eigenvalue weighted by Gasteiger charge is 2.15. The summed E-state index contributed by atoms with van der Waals surface area (Å²) in [6.45, 7) is 4.83. The lowest BCUT2D eigenvalue weighted by Crippen LogP contribution is -2.21. The molecule has 3 rings (SSSR count). The van der Waals surface area contributed by atoms with E-state index in [0.717, 1.165) is 16.4 Å². The van der Waals surface area contributed by atoms with Gasteiger partial charge in [0, 0.05) is 6.04 Å². The summed E-state index contributed by atoms with van der Waals surface area (Å²) in [6.07, 6.45) is 6.62. The molecule has 1 aliphatic carbocycles. The van der Waals surface area contributed by atoms with E-state index < -0.39 is 0 Å². The number of hydrogen-bond acceptors (Lipinski definition) is 4. The van der Waals surface area contributed by atoms with Crippen molar-refractivity contribution in [3.63, 3.8) is 0 Å². The van der Waals surface area contributed by atoms with Gasteiger partial charge < -0.3 is 10.1 Å². The number of benzene rings is 1. The molecule has 1 fully saturated rings. The van der Waals surface area contributed by atoms with Crippen molar-refractivity contribution in [2.75, 3.05) is 11.9 Å². The lowest BCUT2D eigenvalue weighted by Gasteiger charge is -2.22. The van der Waals surface area contributed by atoms with Crippen LogP contribution in [0.4, 0.5) is 5.13 Å². The topological polar surface area (TPSA) is 34.1 Å². The van der Waals surface area contributed by atoms with Crippen LogP contribution in [0.15, 0.2) is 12.1 Å². The van der Waals surface area contributed by atoms with Crippen LogP contribution in [0.1, 0.15) is 44.6 Å². The molecule has 0 aliphatic heterocycles. The molecule has 1 aromatic carbocycles. The van der Waals surface area contributed by atoms with E-state index in [2.05, 4.69) is 24.4 Å². The van der Waals surface area contributed by atoms with E-state index >= 15 is 0 Å². The third-order valence-electron chi connectivity index (χ3n) is 3.90. The minimum atomic E-state index is 0.607. The zero-order valence-corrected chi connectivity index (χ0v) is 13.1. The maximum atomic E-state index is 5.61. The molecule has 4 heteroatoms. The summed E-state index contributed by atoms with van der Waals surface area (Å²) in [5.74, 6) is 0.949. The molecule has 1 aromatic heterocycles. The van der Waals surface area contributed by atoms with Crippen LogP contribution in [-0.2, 0) is 0 Å². The molecule has 1 heterocycles. The molecule has 108 valence electrons. The van der Waals surface area contributed by atoms with E-state index in [1.165, 1.54) is 42.4 Å². The van der Waals surface area contributed by atoms with Crippen molar-refractivity contribution in [3.8, 4) is 5.75 Å². The molecule has 20 heavy (non-hydrogen) atoms. The van der Waals surface area contributed by atoms with E-state index in [4.69, 9.17) is 9.72 Å². The van der Waals surface area contributed by atoms with Gasteiger partial charge in [0.2, 0.25) is 0 Å². The second-order valence-electron chi connectivity index (χ2n) is 5.52. The molecular weight excluding hydrogens is 268 g/mol. The average Bonchev–Trinajstić information content (AvgIpc) is 2.83. The molecular formula is C16H22N2OS. The van der Waals surface area contributed by atoms with E-state index in [1.807, 2.05) is 6.92 Å². The number of fused-ring (bicyclic) bond motifs is 1. The van der Waals surface area contributed by atoms with Gasteiger partial charge in [-0.3, -0.25) is 0 Å². The minimum absolute atomic E-state index is 0.607. The van der Waals surface area contributed by atoms with Crippen molar-refractivity contribution in [2.24, 2.45) is 0 Å².